The first-order valence-corrected chi connectivity index (χ1v) is 5.72. The van der Waals surface area contributed by atoms with Crippen LogP contribution in [-0.4, -0.2) is 26.7 Å². The Bertz CT molecular complexity index is 344. The van der Waals surface area contributed by atoms with E-state index in [0.29, 0.717) is 6.04 Å². The van der Waals surface area contributed by atoms with Gasteiger partial charge in [-0.15, -0.1) is 0 Å². The normalized spacial score (nSPS) is 21.0. The van der Waals surface area contributed by atoms with Crippen LogP contribution in [-0.2, 0) is 7.05 Å². The summed E-state index contributed by atoms with van der Waals surface area (Å²) in [4.78, 5) is 4.54. The van der Waals surface area contributed by atoms with Crippen molar-refractivity contribution in [3.8, 4) is 0 Å². The molecule has 0 fully saturated rings. The second-order valence-electron chi connectivity index (χ2n) is 3.34. The van der Waals surface area contributed by atoms with Gasteiger partial charge in [0.1, 0.15) is 0 Å². The molecule has 76 valence electrons. The molecule has 1 aromatic heterocycles. The van der Waals surface area contributed by atoms with E-state index in [0.717, 1.165) is 23.0 Å². The van der Waals surface area contributed by atoms with Crippen LogP contribution in [0.1, 0.15) is 13.3 Å². The van der Waals surface area contributed by atoms with Crippen LogP contribution >= 0.6 is 11.8 Å². The van der Waals surface area contributed by atoms with E-state index in [-0.39, 0.29) is 0 Å². The van der Waals surface area contributed by atoms with Gasteiger partial charge >= 0.3 is 0 Å². The van der Waals surface area contributed by atoms with Crippen molar-refractivity contribution in [3.05, 3.63) is 12.4 Å². The topological polar surface area (TPSA) is 42.2 Å². The molecule has 1 atom stereocenters. The number of hydrogen-bond acceptors (Lipinski definition) is 4. The fourth-order valence-electron chi connectivity index (χ4n) is 1.30. The largest absolute Gasteiger partial charge is 0.332 e. The van der Waals surface area contributed by atoms with E-state index in [2.05, 4.69) is 22.3 Å². The van der Waals surface area contributed by atoms with Gasteiger partial charge in [0.05, 0.1) is 17.9 Å². The lowest BCUT2D eigenvalue weighted by Crippen LogP contribution is -2.04. The van der Waals surface area contributed by atoms with Crippen molar-refractivity contribution in [2.75, 3.05) is 11.1 Å². The molecular formula is C9H14N4S. The molecule has 1 aliphatic heterocycles. The van der Waals surface area contributed by atoms with Gasteiger partial charge < -0.3 is 5.32 Å². The third-order valence-corrected chi connectivity index (χ3v) is 3.17. The van der Waals surface area contributed by atoms with Gasteiger partial charge in [0.15, 0.2) is 5.17 Å². The summed E-state index contributed by atoms with van der Waals surface area (Å²) in [5, 5.41) is 8.36. The molecule has 1 aromatic rings. The molecule has 0 aromatic carbocycles. The molecule has 14 heavy (non-hydrogen) atoms. The van der Waals surface area contributed by atoms with Gasteiger partial charge in [-0.3, -0.25) is 9.67 Å². The quantitative estimate of drug-likeness (QED) is 0.808. The summed E-state index contributed by atoms with van der Waals surface area (Å²) in [7, 11) is 1.91. The number of aryl methyl sites for hydroxylation is 1. The molecule has 0 radical (unpaired) electrons. The van der Waals surface area contributed by atoms with Crippen molar-refractivity contribution in [3.63, 3.8) is 0 Å². The number of amidine groups is 1. The van der Waals surface area contributed by atoms with Gasteiger partial charge in [-0.2, -0.15) is 5.10 Å². The van der Waals surface area contributed by atoms with Crippen molar-refractivity contribution in [2.45, 2.75) is 19.4 Å². The van der Waals surface area contributed by atoms with Crippen molar-refractivity contribution < 1.29 is 0 Å². The molecule has 5 heteroatoms. The molecule has 0 spiro atoms. The van der Waals surface area contributed by atoms with E-state index in [4.69, 9.17) is 0 Å². The lowest BCUT2D eigenvalue weighted by molar-refractivity contribution is 0.738. The van der Waals surface area contributed by atoms with Crippen molar-refractivity contribution in [1.29, 1.82) is 0 Å². The molecule has 1 N–H and O–H groups in total. The maximum absolute atomic E-state index is 4.54. The third-order valence-electron chi connectivity index (χ3n) is 2.14. The van der Waals surface area contributed by atoms with E-state index in [1.54, 1.807) is 16.4 Å². The van der Waals surface area contributed by atoms with Gasteiger partial charge in [0.25, 0.3) is 0 Å². The average molecular weight is 210 g/mol. The molecule has 0 aliphatic carbocycles. The number of hydrogen-bond donors (Lipinski definition) is 1. The maximum atomic E-state index is 4.54. The van der Waals surface area contributed by atoms with E-state index < -0.39 is 0 Å². The van der Waals surface area contributed by atoms with Crippen LogP contribution in [0.15, 0.2) is 17.4 Å². The Morgan fingerprint density at radius 3 is 3.14 bits per heavy atom. The van der Waals surface area contributed by atoms with Gasteiger partial charge in [-0.1, -0.05) is 18.7 Å². The Labute approximate surface area is 87.8 Å². The molecule has 0 saturated carbocycles. The van der Waals surface area contributed by atoms with Crippen LogP contribution in [0.4, 0.5) is 5.69 Å². The Hall–Kier alpha value is -0.970. The highest BCUT2D eigenvalue weighted by molar-refractivity contribution is 8.14. The van der Waals surface area contributed by atoms with Crippen LogP contribution in [0.3, 0.4) is 0 Å². The second kappa shape index (κ2) is 4.04. The van der Waals surface area contributed by atoms with Crippen LogP contribution in [0.2, 0.25) is 0 Å². The molecule has 2 rings (SSSR count). The van der Waals surface area contributed by atoms with E-state index in [1.807, 2.05) is 19.4 Å². The Morgan fingerprint density at radius 2 is 2.57 bits per heavy atom. The number of rotatable bonds is 2. The number of thioether (sulfide) groups is 1. The predicted octanol–water partition coefficient (Wildman–Crippen LogP) is 1.71. The average Bonchev–Trinajstić information content (AvgIpc) is 2.76. The maximum Gasteiger partial charge on any atom is 0.161 e. The number of nitrogens with one attached hydrogen (secondary N) is 1. The zero-order chi connectivity index (χ0) is 9.97. The Kier molecular flexibility index (Phi) is 2.77. The second-order valence-corrected chi connectivity index (χ2v) is 4.34. The van der Waals surface area contributed by atoms with E-state index in [9.17, 15) is 0 Å². The fourth-order valence-corrected chi connectivity index (χ4v) is 2.38. The standard InChI is InChI=1S/C9H14N4S/c1-3-7-6-14-9(11-7)12-8-4-10-13(2)5-8/h4-5,7H,3,6H2,1-2H3,(H,11,12). The summed E-state index contributed by atoms with van der Waals surface area (Å²) in [5.41, 5.74) is 1.01. The molecule has 1 aliphatic rings. The summed E-state index contributed by atoms with van der Waals surface area (Å²) >= 11 is 1.78. The van der Waals surface area contributed by atoms with Crippen molar-refractivity contribution in [2.24, 2.45) is 12.0 Å². The lowest BCUT2D eigenvalue weighted by atomic mass is 10.3. The van der Waals surface area contributed by atoms with Gasteiger partial charge in [0.2, 0.25) is 0 Å². The highest BCUT2D eigenvalue weighted by atomic mass is 32.2. The summed E-state index contributed by atoms with van der Waals surface area (Å²) < 4.78 is 1.78. The zero-order valence-corrected chi connectivity index (χ0v) is 9.21. The fraction of sp³-hybridized carbons (Fsp3) is 0.556. The highest BCUT2D eigenvalue weighted by Crippen LogP contribution is 2.21. The summed E-state index contributed by atoms with van der Waals surface area (Å²) in [6, 6.07) is 0.485. The van der Waals surface area contributed by atoms with Crippen LogP contribution in [0.25, 0.3) is 0 Å². The van der Waals surface area contributed by atoms with Crippen LogP contribution < -0.4 is 5.32 Å². The molecule has 1 unspecified atom stereocenters. The molecular weight excluding hydrogens is 196 g/mol. The summed E-state index contributed by atoms with van der Waals surface area (Å²) in [6.45, 7) is 2.17. The first kappa shape index (κ1) is 9.58. The van der Waals surface area contributed by atoms with Crippen molar-refractivity contribution in [1.82, 2.24) is 9.78 Å². The van der Waals surface area contributed by atoms with E-state index in [1.165, 1.54) is 0 Å². The van der Waals surface area contributed by atoms with Crippen molar-refractivity contribution >= 4 is 22.6 Å². The smallest absolute Gasteiger partial charge is 0.161 e. The number of aromatic nitrogens is 2. The van der Waals surface area contributed by atoms with Gasteiger partial charge in [-0.25, -0.2) is 0 Å². The first-order chi connectivity index (χ1) is 6.78. The Balaban J connectivity index is 1.99. The highest BCUT2D eigenvalue weighted by Gasteiger charge is 2.16. The summed E-state index contributed by atoms with van der Waals surface area (Å²) in [6.07, 6.45) is 4.87. The van der Waals surface area contributed by atoms with E-state index >= 15 is 0 Å². The van der Waals surface area contributed by atoms with Crippen LogP contribution in [0.5, 0.6) is 0 Å². The number of anilines is 1. The van der Waals surface area contributed by atoms with Crippen LogP contribution in [0, 0.1) is 0 Å². The van der Waals surface area contributed by atoms with Gasteiger partial charge in [-0.05, 0) is 6.42 Å². The summed E-state index contributed by atoms with van der Waals surface area (Å²) in [5.74, 6) is 1.10. The monoisotopic (exact) mass is 210 g/mol. The molecule has 0 saturated heterocycles. The molecule has 0 bridgehead atoms. The first-order valence-electron chi connectivity index (χ1n) is 4.74. The van der Waals surface area contributed by atoms with Gasteiger partial charge in [0, 0.05) is 19.0 Å². The molecule has 0 amide bonds. The zero-order valence-electron chi connectivity index (χ0n) is 8.40. The minimum Gasteiger partial charge on any atom is -0.332 e. The molecule has 2 heterocycles. The number of nitrogens with zero attached hydrogens (tertiary/aromatic N) is 3. The molecule has 4 nitrogen and oxygen atoms in total. The predicted molar refractivity (Wildman–Crippen MR) is 60.8 cm³/mol. The minimum absolute atomic E-state index is 0.485. The lowest BCUT2D eigenvalue weighted by Gasteiger charge is -1.99. The Morgan fingerprint density at radius 1 is 1.71 bits per heavy atom. The minimum atomic E-state index is 0.485. The SMILES string of the molecule is CCC1CSC(Nc2cnn(C)c2)=N1. The number of aliphatic imine (C=N–C) groups is 1. The third kappa shape index (κ3) is 2.09.